The zero-order valence-electron chi connectivity index (χ0n) is 29.5. The minimum absolute atomic E-state index is 0.756. The maximum absolute atomic E-state index is 5.56. The maximum Gasteiger partial charge on any atom is 0.160 e. The van der Waals surface area contributed by atoms with Crippen LogP contribution in [0.15, 0.2) is 170 Å². The number of hydrogen-bond acceptors (Lipinski definition) is 2. The van der Waals surface area contributed by atoms with E-state index in [-0.39, 0.29) is 0 Å². The first-order chi connectivity index (χ1) is 26.1. The largest absolute Gasteiger partial charge is 0.309 e. The molecule has 11 rings (SSSR count). The van der Waals surface area contributed by atoms with Gasteiger partial charge in [-0.25, -0.2) is 9.97 Å². The van der Waals surface area contributed by atoms with E-state index in [0.717, 1.165) is 39.7 Å². The predicted octanol–water partition coefficient (Wildman–Crippen LogP) is 10.8. The summed E-state index contributed by atoms with van der Waals surface area (Å²) in [7, 11) is -2.20. The number of para-hydroxylation sites is 4. The standard InChI is InChI=1S/C48H34N4Si/c1-53(2)42-28-16-12-24-37(42)45-47(53)44(49-48(50-45)31-17-5-3-6-18-31)36-23-11-15-27-40(36)52-38-25-13-9-21-33(38)34-29-30-41-43(46(34)52)35-22-10-14-26-39(35)51(41)32-19-7-4-8-20-32/h3-30H,1-2H3. The first kappa shape index (κ1) is 30.1. The van der Waals surface area contributed by atoms with Crippen molar-refractivity contribution in [3.05, 3.63) is 170 Å². The molecule has 0 amide bonds. The summed E-state index contributed by atoms with van der Waals surface area (Å²) < 4.78 is 4.92. The van der Waals surface area contributed by atoms with E-state index >= 15 is 0 Å². The fourth-order valence-corrected chi connectivity index (χ4v) is 12.2. The van der Waals surface area contributed by atoms with Crippen molar-refractivity contribution in [2.75, 3.05) is 0 Å². The molecule has 0 N–H and O–H groups in total. The van der Waals surface area contributed by atoms with E-state index in [1.54, 1.807) is 0 Å². The molecular weight excluding hydrogens is 661 g/mol. The van der Waals surface area contributed by atoms with E-state index in [2.05, 4.69) is 192 Å². The molecule has 0 spiro atoms. The predicted molar refractivity (Wildman–Crippen MR) is 224 cm³/mol. The molecule has 5 heteroatoms. The van der Waals surface area contributed by atoms with Crippen molar-refractivity contribution in [2.45, 2.75) is 13.1 Å². The average Bonchev–Trinajstić information content (AvgIpc) is 3.81. The van der Waals surface area contributed by atoms with Crippen LogP contribution >= 0.6 is 0 Å². The Kier molecular flexibility index (Phi) is 6.37. The highest BCUT2D eigenvalue weighted by molar-refractivity contribution is 7.04. The number of aromatic nitrogens is 4. The minimum atomic E-state index is -2.20. The second-order valence-electron chi connectivity index (χ2n) is 14.6. The van der Waals surface area contributed by atoms with Gasteiger partial charge in [0, 0.05) is 38.4 Å². The lowest BCUT2D eigenvalue weighted by molar-refractivity contribution is 1.16. The molecular formula is C48H34N4Si. The first-order valence-electron chi connectivity index (χ1n) is 18.3. The Morgan fingerprint density at radius 1 is 0.453 bits per heavy atom. The van der Waals surface area contributed by atoms with Gasteiger partial charge in [0.25, 0.3) is 0 Å². The van der Waals surface area contributed by atoms with Gasteiger partial charge < -0.3 is 9.13 Å². The van der Waals surface area contributed by atoms with Crippen LogP contribution in [-0.4, -0.2) is 27.2 Å². The van der Waals surface area contributed by atoms with Gasteiger partial charge in [0.05, 0.1) is 39.1 Å². The van der Waals surface area contributed by atoms with Crippen molar-refractivity contribution in [1.29, 1.82) is 0 Å². The van der Waals surface area contributed by atoms with Crippen LogP contribution in [0.1, 0.15) is 0 Å². The van der Waals surface area contributed by atoms with Crippen LogP contribution in [0.3, 0.4) is 0 Å². The Morgan fingerprint density at radius 3 is 1.81 bits per heavy atom. The Bertz CT molecular complexity index is 3080. The molecule has 0 aliphatic carbocycles. The van der Waals surface area contributed by atoms with Crippen molar-refractivity contribution in [2.24, 2.45) is 0 Å². The second-order valence-corrected chi connectivity index (χ2v) is 18.9. The number of fused-ring (bicyclic) bond motifs is 10. The van der Waals surface area contributed by atoms with Gasteiger partial charge in [-0.05, 0) is 52.3 Å². The second kappa shape index (κ2) is 11.2. The van der Waals surface area contributed by atoms with Crippen LogP contribution in [0.25, 0.3) is 88.9 Å². The highest BCUT2D eigenvalue weighted by Crippen LogP contribution is 2.44. The van der Waals surface area contributed by atoms with Gasteiger partial charge in [-0.2, -0.15) is 0 Å². The lowest BCUT2D eigenvalue weighted by atomic mass is 10.0. The molecule has 4 nitrogen and oxygen atoms in total. The Balaban J connectivity index is 1.29. The zero-order valence-corrected chi connectivity index (χ0v) is 30.5. The van der Waals surface area contributed by atoms with Crippen LogP contribution in [0.4, 0.5) is 0 Å². The molecule has 4 heterocycles. The van der Waals surface area contributed by atoms with Crippen LogP contribution in [0, 0.1) is 0 Å². The summed E-state index contributed by atoms with van der Waals surface area (Å²) in [4.78, 5) is 10.9. The van der Waals surface area contributed by atoms with Crippen LogP contribution in [-0.2, 0) is 0 Å². The smallest absolute Gasteiger partial charge is 0.160 e. The zero-order chi connectivity index (χ0) is 35.3. The summed E-state index contributed by atoms with van der Waals surface area (Å²) >= 11 is 0. The number of benzene rings is 7. The molecule has 53 heavy (non-hydrogen) atoms. The molecule has 0 atom stereocenters. The summed E-state index contributed by atoms with van der Waals surface area (Å²) in [5.74, 6) is 0.756. The number of rotatable bonds is 4. The molecule has 250 valence electrons. The highest BCUT2D eigenvalue weighted by atomic mass is 28.3. The molecule has 1 aliphatic heterocycles. The monoisotopic (exact) mass is 694 g/mol. The number of hydrogen-bond donors (Lipinski definition) is 0. The van der Waals surface area contributed by atoms with Gasteiger partial charge in [0.1, 0.15) is 8.07 Å². The minimum Gasteiger partial charge on any atom is -0.309 e. The van der Waals surface area contributed by atoms with E-state index < -0.39 is 8.07 Å². The molecule has 3 aromatic heterocycles. The van der Waals surface area contributed by atoms with Gasteiger partial charge in [-0.3, -0.25) is 0 Å². The van der Waals surface area contributed by atoms with E-state index in [1.165, 1.54) is 59.5 Å². The third-order valence-electron chi connectivity index (χ3n) is 11.3. The van der Waals surface area contributed by atoms with Crippen molar-refractivity contribution in [3.63, 3.8) is 0 Å². The van der Waals surface area contributed by atoms with E-state index in [9.17, 15) is 0 Å². The maximum atomic E-state index is 5.56. The van der Waals surface area contributed by atoms with Crippen LogP contribution in [0.5, 0.6) is 0 Å². The van der Waals surface area contributed by atoms with E-state index in [0.29, 0.717) is 0 Å². The molecule has 10 aromatic rings. The topological polar surface area (TPSA) is 35.6 Å². The van der Waals surface area contributed by atoms with Gasteiger partial charge in [0.2, 0.25) is 0 Å². The SMILES string of the molecule is C[Si]1(C)c2ccccc2-c2nc(-c3ccccc3)nc(-c3ccccc3-n3c4ccccc4c4ccc5c(c6ccccc6n5-c5ccccc5)c43)c21. The van der Waals surface area contributed by atoms with Gasteiger partial charge in [-0.1, -0.05) is 147 Å². The van der Waals surface area contributed by atoms with E-state index in [4.69, 9.17) is 9.97 Å². The first-order valence-corrected chi connectivity index (χ1v) is 21.3. The lowest BCUT2D eigenvalue weighted by Gasteiger charge is -2.23. The molecule has 0 saturated heterocycles. The number of nitrogens with zero attached hydrogens (tertiary/aromatic N) is 4. The van der Waals surface area contributed by atoms with Gasteiger partial charge in [-0.15, -0.1) is 0 Å². The van der Waals surface area contributed by atoms with Crippen molar-refractivity contribution in [1.82, 2.24) is 19.1 Å². The Morgan fingerprint density at radius 2 is 1.04 bits per heavy atom. The molecule has 1 aliphatic rings. The molecule has 0 bridgehead atoms. The third kappa shape index (κ3) is 4.23. The fraction of sp³-hybridized carbons (Fsp3) is 0.0417. The van der Waals surface area contributed by atoms with Gasteiger partial charge >= 0.3 is 0 Å². The summed E-state index contributed by atoms with van der Waals surface area (Å²) in [6, 6.07) is 61.2. The van der Waals surface area contributed by atoms with Crippen LogP contribution < -0.4 is 10.4 Å². The summed E-state index contributed by atoms with van der Waals surface area (Å²) in [6.45, 7) is 4.91. The average molecular weight is 695 g/mol. The Labute approximate surface area is 308 Å². The Hall–Kier alpha value is -6.56. The summed E-state index contributed by atoms with van der Waals surface area (Å²) in [5.41, 5.74) is 12.5. The summed E-state index contributed by atoms with van der Waals surface area (Å²) in [5, 5.41) is 7.66. The molecule has 0 fully saturated rings. The summed E-state index contributed by atoms with van der Waals surface area (Å²) in [6.07, 6.45) is 0. The van der Waals surface area contributed by atoms with Crippen molar-refractivity contribution < 1.29 is 0 Å². The highest BCUT2D eigenvalue weighted by Gasteiger charge is 2.42. The van der Waals surface area contributed by atoms with Crippen molar-refractivity contribution in [3.8, 4) is 45.3 Å². The quantitative estimate of drug-likeness (QED) is 0.172. The third-order valence-corrected chi connectivity index (χ3v) is 14.8. The normalized spacial score (nSPS) is 13.2. The van der Waals surface area contributed by atoms with Gasteiger partial charge in [0.15, 0.2) is 5.82 Å². The molecule has 0 unspecified atom stereocenters. The molecule has 0 saturated carbocycles. The lowest BCUT2D eigenvalue weighted by Crippen LogP contribution is -2.50. The van der Waals surface area contributed by atoms with Crippen molar-refractivity contribution >= 4 is 62.1 Å². The molecule has 7 aromatic carbocycles. The fourth-order valence-electron chi connectivity index (χ4n) is 9.01. The molecule has 0 radical (unpaired) electrons. The van der Waals surface area contributed by atoms with Crippen LogP contribution in [0.2, 0.25) is 13.1 Å². The van der Waals surface area contributed by atoms with E-state index in [1.807, 2.05) is 0 Å².